The van der Waals surface area contributed by atoms with Crippen LogP contribution in [0.5, 0.6) is 0 Å². The fourth-order valence-corrected chi connectivity index (χ4v) is 6.23. The molecule has 186 valence electrons. The predicted octanol–water partition coefficient (Wildman–Crippen LogP) is 3.67. The summed E-state index contributed by atoms with van der Waals surface area (Å²) in [5.41, 5.74) is -0.0266. The van der Waals surface area contributed by atoms with Crippen LogP contribution in [0.1, 0.15) is 33.6 Å². The second kappa shape index (κ2) is 9.85. The summed E-state index contributed by atoms with van der Waals surface area (Å²) in [4.78, 5) is 15.1. The van der Waals surface area contributed by atoms with Gasteiger partial charge in [-0.05, 0) is 40.9 Å². The number of benzene rings is 1. The lowest BCUT2D eigenvalue weighted by atomic mass is 9.85. The molecule has 10 nitrogen and oxygen atoms in total. The van der Waals surface area contributed by atoms with Crippen LogP contribution in [-0.2, 0) is 24.8 Å². The highest BCUT2D eigenvalue weighted by molar-refractivity contribution is 9.11. The maximum absolute atomic E-state index is 13.6. The average Bonchev–Trinajstić information content (AvgIpc) is 2.97. The Morgan fingerprint density at radius 2 is 2.09 bits per heavy atom. The van der Waals surface area contributed by atoms with Gasteiger partial charge in [0.05, 0.1) is 17.0 Å². The molecule has 2 aliphatic heterocycles. The third-order valence-electron chi connectivity index (χ3n) is 5.46. The van der Waals surface area contributed by atoms with Crippen LogP contribution < -0.4 is 15.3 Å². The molecule has 0 saturated heterocycles. The van der Waals surface area contributed by atoms with Gasteiger partial charge in [0.25, 0.3) is 5.91 Å². The number of carbonyl (C=O) groups excluding carboxylic acids is 1. The molecule has 3 rings (SSSR count). The molecule has 2 unspecified atom stereocenters. The second-order valence-corrected chi connectivity index (χ2v) is 13.0. The Labute approximate surface area is 208 Å². The molecule has 0 spiro atoms. The van der Waals surface area contributed by atoms with Gasteiger partial charge in [-0.2, -0.15) is 4.76 Å². The highest BCUT2D eigenvalue weighted by Crippen LogP contribution is 2.52. The van der Waals surface area contributed by atoms with Crippen LogP contribution in [0, 0.1) is 5.41 Å². The van der Waals surface area contributed by atoms with Crippen LogP contribution in [0.2, 0.25) is 0 Å². The Morgan fingerprint density at radius 3 is 2.65 bits per heavy atom. The van der Waals surface area contributed by atoms with Gasteiger partial charge >= 0.3 is 7.52 Å². The molecule has 0 saturated carbocycles. The molecule has 1 aromatic carbocycles. The van der Waals surface area contributed by atoms with E-state index in [0.717, 1.165) is 4.48 Å². The minimum absolute atomic E-state index is 0.0579. The minimum atomic E-state index is -3.88. The SMILES string of the molecule is C=C(Br)CCCN1C(=O)C(C2=NP(=O)(OC)c3cc(N[SH](=O)=O)ccc3N2)=C(O)C1C(C)(C)C. The number of halogens is 1. The number of fused-ring (bicyclic) bond motifs is 1. The average molecular weight is 575 g/mol. The molecule has 1 aromatic rings. The van der Waals surface area contributed by atoms with Crippen molar-refractivity contribution in [1.82, 2.24) is 4.90 Å². The predicted molar refractivity (Wildman–Crippen MR) is 138 cm³/mol. The van der Waals surface area contributed by atoms with Crippen molar-refractivity contribution in [3.8, 4) is 0 Å². The Hall–Kier alpha value is -2.14. The van der Waals surface area contributed by atoms with Crippen molar-refractivity contribution in [1.29, 1.82) is 0 Å². The fraction of sp³-hybridized carbons (Fsp3) is 0.429. The van der Waals surface area contributed by atoms with Gasteiger partial charge in [-0.3, -0.25) is 14.1 Å². The lowest BCUT2D eigenvalue weighted by Crippen LogP contribution is -2.44. The molecule has 2 heterocycles. The van der Waals surface area contributed by atoms with E-state index in [1.165, 1.54) is 25.3 Å². The van der Waals surface area contributed by atoms with Crippen LogP contribution >= 0.6 is 23.4 Å². The molecule has 0 bridgehead atoms. The maximum Gasteiger partial charge on any atom is 0.348 e. The van der Waals surface area contributed by atoms with Gasteiger partial charge in [-0.1, -0.05) is 43.3 Å². The molecule has 0 aromatic heterocycles. The van der Waals surface area contributed by atoms with E-state index >= 15 is 0 Å². The van der Waals surface area contributed by atoms with Crippen molar-refractivity contribution in [3.05, 3.63) is 40.6 Å². The third-order valence-corrected chi connectivity index (χ3v) is 8.23. The minimum Gasteiger partial charge on any atom is -0.509 e. The third kappa shape index (κ3) is 5.25. The smallest absolute Gasteiger partial charge is 0.348 e. The number of aliphatic hydroxyl groups excluding tert-OH is 1. The van der Waals surface area contributed by atoms with E-state index in [4.69, 9.17) is 4.52 Å². The van der Waals surface area contributed by atoms with Crippen molar-refractivity contribution in [2.45, 2.75) is 39.7 Å². The van der Waals surface area contributed by atoms with E-state index in [9.17, 15) is 22.9 Å². The summed E-state index contributed by atoms with van der Waals surface area (Å²) in [7, 11) is -5.58. The van der Waals surface area contributed by atoms with Crippen LogP contribution in [0.15, 0.2) is 45.4 Å². The largest absolute Gasteiger partial charge is 0.509 e. The van der Waals surface area contributed by atoms with Gasteiger partial charge in [-0.15, -0.1) is 0 Å². The van der Waals surface area contributed by atoms with Crippen molar-refractivity contribution in [2.24, 2.45) is 10.2 Å². The quantitative estimate of drug-likeness (QED) is 0.274. The molecule has 0 fully saturated rings. The normalized spacial score (nSPS) is 22.5. The highest BCUT2D eigenvalue weighted by atomic mass is 79.9. The van der Waals surface area contributed by atoms with Crippen LogP contribution in [0.3, 0.4) is 0 Å². The summed E-state index contributed by atoms with van der Waals surface area (Å²) in [6.45, 7) is 9.96. The van der Waals surface area contributed by atoms with Crippen LogP contribution in [0.25, 0.3) is 0 Å². The zero-order chi connectivity index (χ0) is 25.4. The van der Waals surface area contributed by atoms with Crippen LogP contribution in [-0.4, -0.2) is 49.9 Å². The Balaban J connectivity index is 2.05. The van der Waals surface area contributed by atoms with E-state index < -0.39 is 35.8 Å². The summed E-state index contributed by atoms with van der Waals surface area (Å²) < 4.78 is 48.1. The molecule has 2 atom stereocenters. The first-order chi connectivity index (χ1) is 15.8. The van der Waals surface area contributed by atoms with Crippen molar-refractivity contribution in [3.63, 3.8) is 0 Å². The fourth-order valence-electron chi connectivity index (χ4n) is 4.06. The molecule has 13 heteroatoms. The van der Waals surface area contributed by atoms with E-state index in [1.807, 2.05) is 20.8 Å². The van der Waals surface area contributed by atoms with Gasteiger partial charge in [0.15, 0.2) is 5.84 Å². The Kier molecular flexibility index (Phi) is 7.66. The first-order valence-electron chi connectivity index (χ1n) is 10.4. The summed E-state index contributed by atoms with van der Waals surface area (Å²) in [6.07, 6.45) is 1.30. The maximum atomic E-state index is 13.6. The van der Waals surface area contributed by atoms with E-state index in [2.05, 4.69) is 37.3 Å². The molecule has 2 aliphatic rings. The molecule has 0 radical (unpaired) electrons. The highest BCUT2D eigenvalue weighted by Gasteiger charge is 2.48. The number of hydrogen-bond acceptors (Lipinski definition) is 7. The summed E-state index contributed by atoms with van der Waals surface area (Å²) >= 11 is 3.32. The van der Waals surface area contributed by atoms with E-state index in [1.54, 1.807) is 4.90 Å². The topological polar surface area (TPSA) is 137 Å². The zero-order valence-electron chi connectivity index (χ0n) is 19.3. The lowest BCUT2D eigenvalue weighted by molar-refractivity contribution is -0.128. The summed E-state index contributed by atoms with van der Waals surface area (Å²) in [5.74, 6) is -0.650. The Bertz CT molecular complexity index is 1210. The number of amidine groups is 1. The monoisotopic (exact) mass is 574 g/mol. The summed E-state index contributed by atoms with van der Waals surface area (Å²) in [6, 6.07) is 3.74. The molecule has 3 N–H and O–H groups in total. The zero-order valence-corrected chi connectivity index (χ0v) is 22.7. The number of rotatable bonds is 8. The van der Waals surface area contributed by atoms with Crippen molar-refractivity contribution in [2.75, 3.05) is 23.7 Å². The van der Waals surface area contributed by atoms with Gasteiger partial charge < -0.3 is 19.8 Å². The number of nitrogens with zero attached hydrogens (tertiary/aromatic N) is 2. The number of hydrogen-bond donors (Lipinski definition) is 4. The Morgan fingerprint density at radius 1 is 1.41 bits per heavy atom. The molecule has 0 aliphatic carbocycles. The van der Waals surface area contributed by atoms with Crippen LogP contribution in [0.4, 0.5) is 11.4 Å². The molecule has 34 heavy (non-hydrogen) atoms. The first kappa shape index (κ1) is 26.5. The van der Waals surface area contributed by atoms with E-state index in [0.29, 0.717) is 25.1 Å². The van der Waals surface area contributed by atoms with Gasteiger partial charge in [0.1, 0.15) is 11.3 Å². The standard InChI is InChI=1S/C21H28BrN4O6PS/c1-12(22)7-6-10-26-18(21(2,3)4)17(27)16(20(26)28)19-23-14-9-8-13(25-34(30)31)11-15(14)33(29,24-19)32-5/h8-9,11,18,27,34H,1,6-7,10H2,2-5H3,(H,23,24,29)(H,25,30,31). The number of carbonyl (C=O) groups is 1. The number of allylic oxidation sites excluding steroid dienone is 1. The number of aliphatic hydroxyl groups is 1. The van der Waals surface area contributed by atoms with Crippen molar-refractivity contribution >= 4 is 62.8 Å². The number of thiol groups is 1. The lowest BCUT2D eigenvalue weighted by Gasteiger charge is -2.35. The first-order valence-corrected chi connectivity index (χ1v) is 14.0. The van der Waals surface area contributed by atoms with Crippen molar-refractivity contribution < 1.29 is 27.4 Å². The molecule has 1 amide bonds. The molecular weight excluding hydrogens is 547 g/mol. The summed E-state index contributed by atoms with van der Waals surface area (Å²) in [5, 5.41) is 14.3. The number of amides is 1. The van der Waals surface area contributed by atoms with Gasteiger partial charge in [0.2, 0.25) is 10.9 Å². The van der Waals surface area contributed by atoms with Gasteiger partial charge in [0, 0.05) is 19.3 Å². The van der Waals surface area contributed by atoms with Gasteiger partial charge in [-0.25, -0.2) is 8.42 Å². The molecular formula is C21H28BrN4O6PS. The van der Waals surface area contributed by atoms with E-state index in [-0.39, 0.29) is 28.2 Å². The second-order valence-electron chi connectivity index (χ2n) is 9.03. The number of nitrogens with one attached hydrogen (secondary N) is 2. The number of anilines is 2.